The third-order valence-corrected chi connectivity index (χ3v) is 4.46. The van der Waals surface area contributed by atoms with Crippen LogP contribution in [0, 0.1) is 0 Å². The number of ether oxygens (including phenoxy) is 2. The molecule has 5 heteroatoms. The van der Waals surface area contributed by atoms with Gasteiger partial charge in [-0.05, 0) is 22.8 Å². The molecule has 30 heavy (non-hydrogen) atoms. The van der Waals surface area contributed by atoms with Crippen molar-refractivity contribution in [3.63, 3.8) is 0 Å². The van der Waals surface area contributed by atoms with Crippen LogP contribution in [-0.2, 0) is 20.9 Å². The number of hydrogen-bond donors (Lipinski definition) is 1. The van der Waals surface area contributed by atoms with Crippen molar-refractivity contribution in [1.82, 2.24) is 5.32 Å². The summed E-state index contributed by atoms with van der Waals surface area (Å²) in [4.78, 5) is 25.2. The number of benzene rings is 3. The molecule has 0 bridgehead atoms. The zero-order valence-corrected chi connectivity index (χ0v) is 16.7. The molecule has 0 saturated carbocycles. The number of esters is 1. The summed E-state index contributed by atoms with van der Waals surface area (Å²) >= 11 is 0. The first-order valence-corrected chi connectivity index (χ1v) is 9.54. The molecule has 3 rings (SSSR count). The molecule has 5 nitrogen and oxygen atoms in total. The van der Waals surface area contributed by atoms with E-state index in [0.717, 1.165) is 16.7 Å². The van der Waals surface area contributed by atoms with E-state index in [-0.39, 0.29) is 6.61 Å². The summed E-state index contributed by atoms with van der Waals surface area (Å²) < 4.78 is 10.4. The molecular formula is C25H23NO4. The zero-order chi connectivity index (χ0) is 21.2. The Labute approximate surface area is 176 Å². The van der Waals surface area contributed by atoms with Crippen molar-refractivity contribution in [2.75, 3.05) is 7.11 Å². The maximum Gasteiger partial charge on any atom is 0.408 e. The second kappa shape index (κ2) is 10.6. The van der Waals surface area contributed by atoms with Gasteiger partial charge in [0.25, 0.3) is 0 Å². The summed E-state index contributed by atoms with van der Waals surface area (Å²) in [5.41, 5.74) is 2.73. The fourth-order valence-electron chi connectivity index (χ4n) is 2.98. The van der Waals surface area contributed by atoms with Gasteiger partial charge < -0.3 is 14.8 Å². The highest BCUT2D eigenvalue weighted by Gasteiger charge is 2.26. The van der Waals surface area contributed by atoms with Crippen molar-refractivity contribution >= 4 is 18.1 Å². The van der Waals surface area contributed by atoms with Crippen molar-refractivity contribution in [1.29, 1.82) is 0 Å². The Balaban J connectivity index is 1.87. The van der Waals surface area contributed by atoms with Crippen LogP contribution in [-0.4, -0.2) is 19.2 Å². The third kappa shape index (κ3) is 5.82. The van der Waals surface area contributed by atoms with Crippen LogP contribution in [0.1, 0.15) is 22.7 Å². The Bertz CT molecular complexity index is 985. The van der Waals surface area contributed by atoms with Gasteiger partial charge in [-0.2, -0.15) is 0 Å². The topological polar surface area (TPSA) is 64.6 Å². The molecule has 0 aliphatic carbocycles. The first-order chi connectivity index (χ1) is 14.7. The summed E-state index contributed by atoms with van der Waals surface area (Å²) in [6.07, 6.45) is 1.08. The Kier molecular flexibility index (Phi) is 7.39. The monoisotopic (exact) mass is 401 g/mol. The Hall–Kier alpha value is -3.86. The van der Waals surface area contributed by atoms with Crippen LogP contribution in [0.25, 0.3) is 6.08 Å². The highest BCUT2D eigenvalue weighted by Crippen LogP contribution is 2.25. The number of amides is 1. The van der Waals surface area contributed by atoms with Gasteiger partial charge in [0.2, 0.25) is 0 Å². The van der Waals surface area contributed by atoms with E-state index >= 15 is 0 Å². The number of carbonyl (C=O) groups is 2. The van der Waals surface area contributed by atoms with Gasteiger partial charge in [0.1, 0.15) is 6.61 Å². The lowest BCUT2D eigenvalue weighted by Crippen LogP contribution is -2.32. The van der Waals surface area contributed by atoms with Crippen LogP contribution in [0.4, 0.5) is 4.79 Å². The average Bonchev–Trinajstić information content (AvgIpc) is 2.81. The van der Waals surface area contributed by atoms with E-state index in [4.69, 9.17) is 9.47 Å². The van der Waals surface area contributed by atoms with Crippen molar-refractivity contribution in [3.05, 3.63) is 113 Å². The van der Waals surface area contributed by atoms with E-state index < -0.39 is 18.1 Å². The lowest BCUT2D eigenvalue weighted by atomic mass is 9.96. The van der Waals surface area contributed by atoms with E-state index in [2.05, 4.69) is 5.32 Å². The fraction of sp³-hybridized carbons (Fsp3) is 0.120. The lowest BCUT2D eigenvalue weighted by Gasteiger charge is -2.21. The minimum absolute atomic E-state index is 0.129. The summed E-state index contributed by atoms with van der Waals surface area (Å²) in [5.74, 6) is -0.531. The van der Waals surface area contributed by atoms with Gasteiger partial charge in [0.05, 0.1) is 18.7 Å². The van der Waals surface area contributed by atoms with E-state index in [1.165, 1.54) is 7.11 Å². The molecule has 0 unspecified atom stereocenters. The number of nitrogens with one attached hydrogen (secondary N) is 1. The SMILES string of the molecule is COC(=O)/C(=C/c1ccccc1)[C@@H](NC(=O)OCc1ccccc1)c1ccccc1. The Morgan fingerprint density at radius 2 is 1.43 bits per heavy atom. The van der Waals surface area contributed by atoms with Gasteiger partial charge in [0, 0.05) is 0 Å². The predicted molar refractivity (Wildman–Crippen MR) is 115 cm³/mol. The van der Waals surface area contributed by atoms with Crippen molar-refractivity contribution in [2.45, 2.75) is 12.6 Å². The van der Waals surface area contributed by atoms with E-state index in [0.29, 0.717) is 5.57 Å². The maximum atomic E-state index is 12.6. The number of alkyl carbamates (subject to hydrolysis) is 1. The molecule has 0 spiro atoms. The van der Waals surface area contributed by atoms with Gasteiger partial charge >= 0.3 is 12.1 Å². The number of hydrogen-bond acceptors (Lipinski definition) is 4. The second-order valence-electron chi connectivity index (χ2n) is 6.55. The van der Waals surface area contributed by atoms with Crippen LogP contribution in [0.3, 0.4) is 0 Å². The van der Waals surface area contributed by atoms with E-state index in [1.54, 1.807) is 6.08 Å². The number of carbonyl (C=O) groups excluding carboxylic acids is 2. The average molecular weight is 401 g/mol. The van der Waals surface area contributed by atoms with E-state index in [9.17, 15) is 9.59 Å². The van der Waals surface area contributed by atoms with Gasteiger partial charge in [-0.1, -0.05) is 91.0 Å². The fourth-order valence-corrected chi connectivity index (χ4v) is 2.98. The van der Waals surface area contributed by atoms with Crippen molar-refractivity contribution < 1.29 is 19.1 Å². The lowest BCUT2D eigenvalue weighted by molar-refractivity contribution is -0.136. The molecule has 0 heterocycles. The van der Waals surface area contributed by atoms with Crippen LogP contribution >= 0.6 is 0 Å². The minimum Gasteiger partial charge on any atom is -0.466 e. The Morgan fingerprint density at radius 1 is 0.867 bits per heavy atom. The number of rotatable bonds is 7. The van der Waals surface area contributed by atoms with E-state index in [1.807, 2.05) is 91.0 Å². The van der Waals surface area contributed by atoms with Crippen LogP contribution in [0.5, 0.6) is 0 Å². The van der Waals surface area contributed by atoms with Crippen molar-refractivity contribution in [2.24, 2.45) is 0 Å². The smallest absolute Gasteiger partial charge is 0.408 e. The molecule has 3 aromatic carbocycles. The highest BCUT2D eigenvalue weighted by molar-refractivity contribution is 5.96. The normalized spacial score (nSPS) is 12.0. The molecule has 1 atom stereocenters. The van der Waals surface area contributed by atoms with Crippen LogP contribution in [0.15, 0.2) is 96.6 Å². The summed E-state index contributed by atoms with van der Waals surface area (Å²) in [7, 11) is 1.32. The molecule has 1 amide bonds. The Morgan fingerprint density at radius 3 is 2.03 bits per heavy atom. The molecular weight excluding hydrogens is 378 g/mol. The molecule has 152 valence electrons. The standard InChI is InChI=1S/C25H23NO4/c1-29-24(27)22(17-19-11-5-2-6-12-19)23(21-15-9-4-10-16-21)26-25(28)30-18-20-13-7-3-8-14-20/h2-17,23H,18H2,1H3,(H,26,28)/b22-17+/t23-/m0/s1. The molecule has 3 aromatic rings. The minimum atomic E-state index is -0.734. The number of methoxy groups -OCH3 is 1. The molecule has 0 aliphatic rings. The largest absolute Gasteiger partial charge is 0.466 e. The highest BCUT2D eigenvalue weighted by atomic mass is 16.5. The van der Waals surface area contributed by atoms with Gasteiger partial charge in [-0.3, -0.25) is 0 Å². The van der Waals surface area contributed by atoms with Gasteiger partial charge in [0.15, 0.2) is 0 Å². The molecule has 0 aliphatic heterocycles. The summed E-state index contributed by atoms with van der Waals surface area (Å²) in [6.45, 7) is 0.129. The van der Waals surface area contributed by atoms with Gasteiger partial charge in [-0.25, -0.2) is 9.59 Å². The maximum absolute atomic E-state index is 12.6. The first-order valence-electron chi connectivity index (χ1n) is 9.54. The van der Waals surface area contributed by atoms with Crippen LogP contribution < -0.4 is 5.32 Å². The second-order valence-corrected chi connectivity index (χ2v) is 6.55. The molecule has 0 fully saturated rings. The van der Waals surface area contributed by atoms with Crippen LogP contribution in [0.2, 0.25) is 0 Å². The molecule has 0 aromatic heterocycles. The summed E-state index contributed by atoms with van der Waals surface area (Å²) in [5, 5.41) is 2.81. The predicted octanol–water partition coefficient (Wildman–Crippen LogP) is 4.91. The molecule has 1 N–H and O–H groups in total. The third-order valence-electron chi connectivity index (χ3n) is 4.46. The van der Waals surface area contributed by atoms with Gasteiger partial charge in [-0.15, -0.1) is 0 Å². The first kappa shape index (κ1) is 20.9. The zero-order valence-electron chi connectivity index (χ0n) is 16.7. The molecule has 0 saturated heterocycles. The van der Waals surface area contributed by atoms with Crippen molar-refractivity contribution in [3.8, 4) is 0 Å². The quantitative estimate of drug-likeness (QED) is 0.451. The summed E-state index contributed by atoms with van der Waals surface area (Å²) in [6, 6.07) is 27.3. The molecule has 0 radical (unpaired) electrons.